The van der Waals surface area contributed by atoms with Gasteiger partial charge < -0.3 is 17.0 Å². The molecule has 2 rings (SSSR count). The van der Waals surface area contributed by atoms with Gasteiger partial charge in [-0.15, -0.1) is 0 Å². The van der Waals surface area contributed by atoms with Crippen LogP contribution in [0.5, 0.6) is 0 Å². The van der Waals surface area contributed by atoms with Gasteiger partial charge in [0.1, 0.15) is 0 Å². The molecular formula is C14H18BrClNO-. The summed E-state index contributed by atoms with van der Waals surface area (Å²) in [7, 11) is 0. The first kappa shape index (κ1) is 15.7. The number of nitrogens with zero attached hydrogens (tertiary/aromatic N) is 1. The summed E-state index contributed by atoms with van der Waals surface area (Å²) in [6.45, 7) is 4.82. The van der Waals surface area contributed by atoms with Crippen LogP contribution < -0.4 is 17.0 Å². The third kappa shape index (κ3) is 4.08. The first-order valence-electron chi connectivity index (χ1n) is 6.17. The first-order valence-corrected chi connectivity index (χ1v) is 6.54. The Balaban J connectivity index is 0.00000162. The molecule has 1 aliphatic rings. The van der Waals surface area contributed by atoms with Crippen molar-refractivity contribution in [1.29, 1.82) is 0 Å². The summed E-state index contributed by atoms with van der Waals surface area (Å²) in [6.07, 6.45) is 2.38. The minimum Gasteiger partial charge on any atom is -1.00 e. The zero-order chi connectivity index (χ0) is 12.3. The topological polar surface area (TPSA) is 20.3 Å². The van der Waals surface area contributed by atoms with Crippen LogP contribution >= 0.6 is 11.6 Å². The summed E-state index contributed by atoms with van der Waals surface area (Å²) in [5.74, 6) is 0.923. The van der Waals surface area contributed by atoms with Gasteiger partial charge in [0, 0.05) is 5.56 Å². The highest BCUT2D eigenvalue weighted by Gasteiger charge is 2.19. The lowest BCUT2D eigenvalue weighted by Gasteiger charge is -2.29. The maximum absolute atomic E-state index is 12.1. The number of piperidine rings is 1. The zero-order valence-corrected chi connectivity index (χ0v) is 12.9. The molecule has 0 atom stereocenters. The summed E-state index contributed by atoms with van der Waals surface area (Å²) < 4.78 is 0. The molecule has 4 heteroatoms. The fraction of sp³-hybridized carbons (Fsp3) is 0.500. The monoisotopic (exact) mass is 330 g/mol. The van der Waals surface area contributed by atoms with Crippen LogP contribution in [-0.2, 0) is 0 Å². The van der Waals surface area contributed by atoms with Crippen molar-refractivity contribution in [2.45, 2.75) is 19.8 Å². The summed E-state index contributed by atoms with van der Waals surface area (Å²) >= 11 is 6.02. The van der Waals surface area contributed by atoms with E-state index in [1.54, 1.807) is 12.1 Å². The van der Waals surface area contributed by atoms with Crippen LogP contribution in [0.2, 0.25) is 5.02 Å². The molecule has 1 fully saturated rings. The molecule has 1 saturated heterocycles. The Bertz CT molecular complexity index is 403. The van der Waals surface area contributed by atoms with Gasteiger partial charge in [-0.25, -0.2) is 0 Å². The van der Waals surface area contributed by atoms with Crippen LogP contribution in [0.3, 0.4) is 0 Å². The van der Waals surface area contributed by atoms with Crippen LogP contribution in [0, 0.1) is 5.92 Å². The molecule has 18 heavy (non-hydrogen) atoms. The van der Waals surface area contributed by atoms with Crippen LogP contribution in [0.4, 0.5) is 0 Å². The van der Waals surface area contributed by atoms with E-state index >= 15 is 0 Å². The zero-order valence-electron chi connectivity index (χ0n) is 10.5. The highest BCUT2D eigenvalue weighted by Crippen LogP contribution is 2.19. The van der Waals surface area contributed by atoms with Gasteiger partial charge in [-0.1, -0.05) is 30.7 Å². The molecule has 0 aliphatic carbocycles. The van der Waals surface area contributed by atoms with Gasteiger partial charge in [-0.05, 0) is 44.0 Å². The maximum Gasteiger partial charge on any atom is 0.178 e. The molecule has 100 valence electrons. The molecule has 2 nitrogen and oxygen atoms in total. The van der Waals surface area contributed by atoms with Crippen LogP contribution in [0.25, 0.3) is 0 Å². The number of hydrogen-bond acceptors (Lipinski definition) is 2. The summed E-state index contributed by atoms with van der Waals surface area (Å²) in [6, 6.07) is 7.28. The molecular weight excluding hydrogens is 314 g/mol. The number of likely N-dealkylation sites (tertiary alicyclic amines) is 1. The Kier molecular flexibility index (Phi) is 6.33. The SMILES string of the molecule is CC1CCN(CC(=O)c2ccccc2Cl)CC1.[Br-]. The maximum atomic E-state index is 12.1. The van der Waals surface area contributed by atoms with Crippen LogP contribution in [0.15, 0.2) is 24.3 Å². The number of ketones is 1. The number of carbonyl (C=O) groups excluding carboxylic acids is 1. The number of carbonyl (C=O) groups is 1. The lowest BCUT2D eigenvalue weighted by atomic mass is 9.99. The normalized spacial score (nSPS) is 17.2. The lowest BCUT2D eigenvalue weighted by Crippen LogP contribution is -3.00. The van der Waals surface area contributed by atoms with Crippen LogP contribution in [-0.4, -0.2) is 30.3 Å². The predicted octanol–water partition coefficient (Wildman–Crippen LogP) is 0.259. The van der Waals surface area contributed by atoms with E-state index in [1.165, 1.54) is 12.8 Å². The summed E-state index contributed by atoms with van der Waals surface area (Å²) in [4.78, 5) is 14.3. The van der Waals surface area contributed by atoms with Gasteiger partial charge in [0.05, 0.1) is 11.6 Å². The molecule has 0 radical (unpaired) electrons. The highest BCUT2D eigenvalue weighted by atomic mass is 79.9. The van der Waals surface area contributed by atoms with Gasteiger partial charge in [-0.2, -0.15) is 0 Å². The Morgan fingerprint density at radius 2 is 1.94 bits per heavy atom. The summed E-state index contributed by atoms with van der Waals surface area (Å²) in [5.41, 5.74) is 0.646. The Morgan fingerprint density at radius 3 is 2.56 bits per heavy atom. The minimum atomic E-state index is 0. The van der Waals surface area contributed by atoms with Gasteiger partial charge in [0.15, 0.2) is 5.78 Å². The largest absolute Gasteiger partial charge is 1.00 e. The van der Waals surface area contributed by atoms with E-state index in [4.69, 9.17) is 11.6 Å². The average molecular weight is 332 g/mol. The quantitative estimate of drug-likeness (QED) is 0.741. The molecule has 1 aliphatic heterocycles. The van der Waals surface area contributed by atoms with Crippen molar-refractivity contribution >= 4 is 17.4 Å². The second-order valence-electron chi connectivity index (χ2n) is 4.86. The van der Waals surface area contributed by atoms with Gasteiger partial charge >= 0.3 is 0 Å². The molecule has 1 aromatic carbocycles. The van der Waals surface area contributed by atoms with Gasteiger partial charge in [0.25, 0.3) is 0 Å². The van der Waals surface area contributed by atoms with Crippen molar-refractivity contribution in [2.24, 2.45) is 5.92 Å². The number of hydrogen-bond donors (Lipinski definition) is 0. The lowest BCUT2D eigenvalue weighted by molar-refractivity contribution is -0.0000116. The molecule has 0 unspecified atom stereocenters. The molecule has 0 spiro atoms. The van der Waals surface area contributed by atoms with Crippen molar-refractivity contribution in [3.8, 4) is 0 Å². The summed E-state index contributed by atoms with van der Waals surface area (Å²) in [5, 5.41) is 0.558. The smallest absolute Gasteiger partial charge is 0.178 e. The van der Waals surface area contributed by atoms with Gasteiger partial charge in [0.2, 0.25) is 0 Å². The molecule has 0 amide bonds. The van der Waals surface area contributed by atoms with E-state index in [9.17, 15) is 4.79 Å². The molecule has 1 heterocycles. The van der Waals surface area contributed by atoms with E-state index in [0.29, 0.717) is 17.1 Å². The van der Waals surface area contributed by atoms with E-state index in [2.05, 4.69) is 11.8 Å². The average Bonchev–Trinajstić information content (AvgIpc) is 2.32. The highest BCUT2D eigenvalue weighted by molar-refractivity contribution is 6.34. The number of halogens is 2. The fourth-order valence-electron chi connectivity index (χ4n) is 2.20. The molecule has 0 aromatic heterocycles. The Hall–Kier alpha value is -0.380. The Labute approximate surface area is 124 Å². The van der Waals surface area contributed by atoms with E-state index in [-0.39, 0.29) is 22.8 Å². The third-order valence-corrected chi connectivity index (χ3v) is 3.75. The van der Waals surface area contributed by atoms with Crippen molar-refractivity contribution < 1.29 is 21.8 Å². The van der Waals surface area contributed by atoms with Crippen LogP contribution in [0.1, 0.15) is 30.1 Å². The molecule has 0 N–H and O–H groups in total. The first-order chi connectivity index (χ1) is 8.16. The standard InChI is InChI=1S/C14H18ClNO.BrH/c1-11-6-8-16(9-7-11)10-14(17)12-4-2-3-5-13(12)15;/h2-5,11H,6-10H2,1H3;1H/p-1. The van der Waals surface area contributed by atoms with E-state index in [1.807, 2.05) is 12.1 Å². The van der Waals surface area contributed by atoms with E-state index < -0.39 is 0 Å². The number of Topliss-reactive ketones (excluding diaryl/α,β-unsaturated/α-hetero) is 1. The van der Waals surface area contributed by atoms with E-state index in [0.717, 1.165) is 19.0 Å². The number of benzene rings is 1. The molecule has 1 aromatic rings. The third-order valence-electron chi connectivity index (χ3n) is 3.42. The van der Waals surface area contributed by atoms with Crippen molar-refractivity contribution in [2.75, 3.05) is 19.6 Å². The van der Waals surface area contributed by atoms with Crippen molar-refractivity contribution in [1.82, 2.24) is 4.90 Å². The molecule has 0 bridgehead atoms. The van der Waals surface area contributed by atoms with Crippen molar-refractivity contribution in [3.63, 3.8) is 0 Å². The molecule has 0 saturated carbocycles. The predicted molar refractivity (Wildman–Crippen MR) is 70.6 cm³/mol. The minimum absolute atomic E-state index is 0. The van der Waals surface area contributed by atoms with Crippen molar-refractivity contribution in [3.05, 3.63) is 34.9 Å². The number of rotatable bonds is 3. The fourth-order valence-corrected chi connectivity index (χ4v) is 2.44. The van der Waals surface area contributed by atoms with Gasteiger partial charge in [-0.3, -0.25) is 9.69 Å². The second-order valence-corrected chi connectivity index (χ2v) is 5.27. The Morgan fingerprint density at radius 1 is 1.33 bits per heavy atom. The second kappa shape index (κ2) is 7.27.